The van der Waals surface area contributed by atoms with E-state index >= 15 is 0 Å². The molecule has 0 aliphatic carbocycles. The molecule has 2 spiro atoms. The van der Waals surface area contributed by atoms with E-state index in [0.29, 0.717) is 37.4 Å². The number of carbonyl (C=O) groups excluding carboxylic acids is 2. The molecule has 0 aromatic heterocycles. The summed E-state index contributed by atoms with van der Waals surface area (Å²) in [4.78, 5) is 23.3. The molecule has 8 nitrogen and oxygen atoms in total. The van der Waals surface area contributed by atoms with Crippen LogP contribution < -0.4 is 5.32 Å². The van der Waals surface area contributed by atoms with Crippen molar-refractivity contribution in [3.8, 4) is 0 Å². The molecule has 0 bridgehead atoms. The predicted molar refractivity (Wildman–Crippen MR) is 118 cm³/mol. The molecule has 0 aromatic carbocycles. The molecular weight excluding hydrogens is 424 g/mol. The van der Waals surface area contributed by atoms with Crippen molar-refractivity contribution in [1.29, 1.82) is 0 Å². The fraction of sp³-hybridized carbons (Fsp3) is 0.727. The van der Waals surface area contributed by atoms with Crippen molar-refractivity contribution in [2.24, 2.45) is 0 Å². The van der Waals surface area contributed by atoms with E-state index in [1.165, 1.54) is 0 Å². The zero-order valence-electron chi connectivity index (χ0n) is 18.7. The maximum Gasteiger partial charge on any atom is 0.248 e. The van der Waals surface area contributed by atoms with Crippen LogP contribution in [-0.2, 0) is 28.5 Å². The summed E-state index contributed by atoms with van der Waals surface area (Å²) in [5.74, 6) is -0.542. The molecule has 4 fully saturated rings. The molecule has 1 N–H and O–H groups in total. The molecule has 176 valence electrons. The van der Waals surface area contributed by atoms with Crippen LogP contribution in [-0.4, -0.2) is 80.2 Å². The number of amides is 1. The Bertz CT molecular complexity index is 626. The van der Waals surface area contributed by atoms with Crippen molar-refractivity contribution in [1.82, 2.24) is 10.2 Å². The summed E-state index contributed by atoms with van der Waals surface area (Å²) in [5, 5.41) is 2.81. The molecule has 4 aliphatic rings. The number of carbonyl (C=O) groups is 2. The molecule has 0 aromatic rings. The number of piperidine rings is 2. The average molecular weight is 459 g/mol. The number of allylic oxidation sites excluding steroid dienone is 1. The van der Waals surface area contributed by atoms with E-state index in [4.69, 9.17) is 30.5 Å². The molecule has 4 rings (SSSR count). The van der Waals surface area contributed by atoms with Gasteiger partial charge in [0.15, 0.2) is 11.6 Å². The van der Waals surface area contributed by atoms with E-state index in [2.05, 4.69) is 18.5 Å². The number of ether oxygens (including phenoxy) is 4. The molecule has 1 amide bonds. The lowest BCUT2D eigenvalue weighted by Gasteiger charge is -2.37. The van der Waals surface area contributed by atoms with Gasteiger partial charge in [0.25, 0.3) is 0 Å². The van der Waals surface area contributed by atoms with Crippen molar-refractivity contribution in [3.05, 3.63) is 24.3 Å². The minimum absolute atomic E-state index is 0.0443. The van der Waals surface area contributed by atoms with Crippen molar-refractivity contribution in [2.75, 3.05) is 52.6 Å². The molecule has 4 heterocycles. The summed E-state index contributed by atoms with van der Waals surface area (Å²) in [5.41, 5.74) is 0.982. The summed E-state index contributed by atoms with van der Waals surface area (Å²) in [6.07, 6.45) is 3.55. The second-order valence-electron chi connectivity index (χ2n) is 8.09. The summed E-state index contributed by atoms with van der Waals surface area (Å²) >= 11 is 4.87. The van der Waals surface area contributed by atoms with Gasteiger partial charge in [-0.05, 0) is 25.4 Å². The fourth-order valence-corrected chi connectivity index (χ4v) is 3.70. The van der Waals surface area contributed by atoms with Crippen molar-refractivity contribution >= 4 is 22.8 Å². The van der Waals surface area contributed by atoms with Crippen LogP contribution in [0.3, 0.4) is 0 Å². The topological polar surface area (TPSA) is 86.3 Å². The number of nitrogens with one attached hydrogen (secondary N) is 1. The average Bonchev–Trinajstić information content (AvgIpc) is 3.40. The lowest BCUT2D eigenvalue weighted by Crippen LogP contribution is -2.47. The van der Waals surface area contributed by atoms with Crippen LogP contribution in [0.1, 0.15) is 39.5 Å². The molecule has 31 heavy (non-hydrogen) atoms. The molecule has 0 unspecified atom stereocenters. The van der Waals surface area contributed by atoms with Gasteiger partial charge in [0.05, 0.1) is 26.4 Å². The van der Waals surface area contributed by atoms with Gasteiger partial charge in [0, 0.05) is 63.0 Å². The summed E-state index contributed by atoms with van der Waals surface area (Å²) < 4.78 is 22.2. The molecule has 0 saturated carbocycles. The SMILES string of the molecule is C1CC2(CCN1)OCCO2.C=C(C)C(=O)Cl.C=C(C)C(=O)N1CCC2(CC1)OCCO2. The minimum atomic E-state index is -0.463. The normalized spacial score (nSPS) is 23.4. The Labute approximate surface area is 189 Å². The highest BCUT2D eigenvalue weighted by Gasteiger charge is 2.40. The maximum absolute atomic E-state index is 11.6. The first-order valence-electron chi connectivity index (χ1n) is 10.8. The monoisotopic (exact) mass is 458 g/mol. The third-order valence-electron chi connectivity index (χ3n) is 5.51. The number of hydrogen-bond donors (Lipinski definition) is 1. The Kier molecular flexibility index (Phi) is 10.1. The first-order chi connectivity index (χ1) is 14.7. The minimum Gasteiger partial charge on any atom is -0.347 e. The summed E-state index contributed by atoms with van der Waals surface area (Å²) in [7, 11) is 0. The number of hydrogen-bond acceptors (Lipinski definition) is 7. The number of rotatable bonds is 2. The van der Waals surface area contributed by atoms with Gasteiger partial charge in [0.2, 0.25) is 11.1 Å². The predicted octanol–water partition coefficient (Wildman–Crippen LogP) is 2.37. The third-order valence-corrected chi connectivity index (χ3v) is 5.83. The van der Waals surface area contributed by atoms with Crippen LogP contribution in [0.2, 0.25) is 0 Å². The van der Waals surface area contributed by atoms with E-state index in [9.17, 15) is 9.59 Å². The highest BCUT2D eigenvalue weighted by Crippen LogP contribution is 2.31. The van der Waals surface area contributed by atoms with Crippen LogP contribution >= 0.6 is 11.6 Å². The fourth-order valence-electron chi connectivity index (χ4n) is 3.70. The Morgan fingerprint density at radius 1 is 0.806 bits per heavy atom. The highest BCUT2D eigenvalue weighted by atomic mass is 35.5. The quantitative estimate of drug-likeness (QED) is 0.502. The molecule has 0 radical (unpaired) electrons. The standard InChI is InChI=1S/C11H17NO3.C7H13NO2.C4H5ClO/c1-9(2)10(13)12-5-3-11(4-6-12)14-7-8-15-11;1-3-8-4-2-7(1)9-5-6-10-7;1-3(2)4(5)6/h1,3-8H2,2H3;8H,1-6H2;1H2,2H3. The van der Waals surface area contributed by atoms with E-state index in [1.807, 2.05) is 4.90 Å². The summed E-state index contributed by atoms with van der Waals surface area (Å²) in [6, 6.07) is 0. The van der Waals surface area contributed by atoms with Gasteiger partial charge in [0.1, 0.15) is 0 Å². The van der Waals surface area contributed by atoms with Gasteiger partial charge in [-0.15, -0.1) is 0 Å². The molecule has 4 saturated heterocycles. The van der Waals surface area contributed by atoms with Gasteiger partial charge in [-0.2, -0.15) is 0 Å². The van der Waals surface area contributed by atoms with E-state index in [1.54, 1.807) is 13.8 Å². The van der Waals surface area contributed by atoms with Crippen LogP contribution in [0.15, 0.2) is 24.3 Å². The molecule has 0 atom stereocenters. The van der Waals surface area contributed by atoms with Gasteiger partial charge >= 0.3 is 0 Å². The van der Waals surface area contributed by atoms with Gasteiger partial charge < -0.3 is 29.2 Å². The van der Waals surface area contributed by atoms with E-state index in [-0.39, 0.29) is 11.7 Å². The molecule has 9 heteroatoms. The third kappa shape index (κ3) is 7.97. The van der Waals surface area contributed by atoms with E-state index in [0.717, 1.165) is 52.0 Å². The Morgan fingerprint density at radius 2 is 1.19 bits per heavy atom. The Morgan fingerprint density at radius 3 is 1.55 bits per heavy atom. The number of likely N-dealkylation sites (tertiary alicyclic amines) is 1. The molecular formula is C22H35ClN2O6. The summed E-state index contributed by atoms with van der Waals surface area (Å²) in [6.45, 7) is 16.6. The lowest BCUT2D eigenvalue weighted by molar-refractivity contribution is -0.186. The Hall–Kier alpha value is -1.29. The highest BCUT2D eigenvalue weighted by molar-refractivity contribution is 6.67. The van der Waals surface area contributed by atoms with Crippen molar-refractivity contribution in [2.45, 2.75) is 51.1 Å². The number of nitrogens with zero attached hydrogens (tertiary/aromatic N) is 1. The Balaban J connectivity index is 0.000000184. The second kappa shape index (κ2) is 12.1. The van der Waals surface area contributed by atoms with Crippen LogP contribution in [0.4, 0.5) is 0 Å². The van der Waals surface area contributed by atoms with Crippen molar-refractivity contribution in [3.63, 3.8) is 0 Å². The van der Waals surface area contributed by atoms with Gasteiger partial charge in [-0.3, -0.25) is 9.59 Å². The lowest BCUT2D eigenvalue weighted by atomic mass is 10.0. The van der Waals surface area contributed by atoms with E-state index < -0.39 is 11.0 Å². The smallest absolute Gasteiger partial charge is 0.248 e. The first-order valence-corrected chi connectivity index (χ1v) is 11.1. The second-order valence-corrected chi connectivity index (χ2v) is 8.44. The number of halogens is 1. The zero-order valence-corrected chi connectivity index (χ0v) is 19.4. The van der Waals surface area contributed by atoms with Gasteiger partial charge in [-0.1, -0.05) is 13.2 Å². The van der Waals surface area contributed by atoms with Crippen LogP contribution in [0.5, 0.6) is 0 Å². The van der Waals surface area contributed by atoms with Crippen molar-refractivity contribution < 1.29 is 28.5 Å². The first kappa shape index (κ1) is 26.0. The largest absolute Gasteiger partial charge is 0.347 e. The van der Waals surface area contributed by atoms with Gasteiger partial charge in [-0.25, -0.2) is 0 Å². The molecule has 4 aliphatic heterocycles. The van der Waals surface area contributed by atoms with Crippen LogP contribution in [0, 0.1) is 0 Å². The maximum atomic E-state index is 11.6. The zero-order chi connectivity index (χ0) is 22.9. The van der Waals surface area contributed by atoms with Crippen LogP contribution in [0.25, 0.3) is 0 Å².